The number of rotatable bonds is 6. The van der Waals surface area contributed by atoms with E-state index >= 15 is 0 Å². The monoisotopic (exact) mass is 307 g/mol. The van der Waals surface area contributed by atoms with Crippen LogP contribution < -0.4 is 5.32 Å². The van der Waals surface area contributed by atoms with Crippen LogP contribution in [0.2, 0.25) is 0 Å². The first-order valence-electron chi connectivity index (χ1n) is 6.56. The van der Waals surface area contributed by atoms with Gasteiger partial charge in [-0.1, -0.05) is 6.92 Å². The number of carbonyl (C=O) groups excluding carboxylic acids is 1. The van der Waals surface area contributed by atoms with Crippen molar-refractivity contribution in [2.75, 3.05) is 6.54 Å². The Morgan fingerprint density at radius 1 is 1.52 bits per heavy atom. The Kier molecular flexibility index (Phi) is 4.74. The summed E-state index contributed by atoms with van der Waals surface area (Å²) in [6.07, 6.45) is 1.78. The average molecular weight is 307 g/mol. The average Bonchev–Trinajstić information content (AvgIpc) is 3.03. The lowest BCUT2D eigenvalue weighted by Crippen LogP contribution is -2.29. The van der Waals surface area contributed by atoms with Gasteiger partial charge in [-0.25, -0.2) is 4.98 Å². The van der Waals surface area contributed by atoms with Gasteiger partial charge in [-0.3, -0.25) is 9.59 Å². The van der Waals surface area contributed by atoms with E-state index in [0.29, 0.717) is 12.2 Å². The Hall–Kier alpha value is -2.15. The molecule has 1 unspecified atom stereocenters. The van der Waals surface area contributed by atoms with Crippen molar-refractivity contribution >= 4 is 23.2 Å². The smallest absolute Gasteiger partial charge is 0.303 e. The van der Waals surface area contributed by atoms with Crippen molar-refractivity contribution in [1.29, 1.82) is 0 Å². The molecular weight excluding hydrogens is 290 g/mol. The highest BCUT2D eigenvalue weighted by Crippen LogP contribution is 2.22. The number of thiazole rings is 1. The molecule has 0 saturated carbocycles. The molecule has 7 heteroatoms. The molecular formula is C14H17N3O3S. The van der Waals surface area contributed by atoms with Crippen LogP contribution in [0.3, 0.4) is 0 Å². The molecule has 0 aliphatic carbocycles. The summed E-state index contributed by atoms with van der Waals surface area (Å²) in [5.41, 5.74) is 2.15. The largest absolute Gasteiger partial charge is 0.481 e. The first kappa shape index (κ1) is 15.2. The van der Waals surface area contributed by atoms with E-state index in [1.54, 1.807) is 30.5 Å². The maximum absolute atomic E-state index is 12.0. The first-order valence-corrected chi connectivity index (χ1v) is 7.44. The molecule has 1 atom stereocenters. The number of amides is 1. The van der Waals surface area contributed by atoms with E-state index in [9.17, 15) is 9.59 Å². The Bertz CT molecular complexity index is 647. The highest BCUT2D eigenvalue weighted by Gasteiger charge is 2.13. The molecule has 0 saturated heterocycles. The predicted octanol–water partition coefficient (Wildman–Crippen LogP) is 2.29. The summed E-state index contributed by atoms with van der Waals surface area (Å²) in [5.74, 6) is -1.22. The molecule has 21 heavy (non-hydrogen) atoms. The molecule has 112 valence electrons. The Labute approximate surface area is 126 Å². The zero-order chi connectivity index (χ0) is 15.4. The fourth-order valence-electron chi connectivity index (χ4n) is 1.90. The molecule has 0 aliphatic heterocycles. The number of hydrogen-bond donors (Lipinski definition) is 3. The van der Waals surface area contributed by atoms with Crippen molar-refractivity contribution in [3.63, 3.8) is 0 Å². The first-order chi connectivity index (χ1) is 9.95. The number of aromatic nitrogens is 2. The highest BCUT2D eigenvalue weighted by atomic mass is 32.1. The van der Waals surface area contributed by atoms with Crippen LogP contribution in [0.4, 0.5) is 0 Å². The number of nitrogens with one attached hydrogen (secondary N) is 2. The Balaban J connectivity index is 1.94. The minimum atomic E-state index is -0.863. The van der Waals surface area contributed by atoms with Gasteiger partial charge in [-0.05, 0) is 18.9 Å². The molecule has 2 aromatic heterocycles. The molecule has 0 aliphatic rings. The molecule has 0 spiro atoms. The molecule has 3 N–H and O–H groups in total. The highest BCUT2D eigenvalue weighted by molar-refractivity contribution is 7.09. The van der Waals surface area contributed by atoms with Gasteiger partial charge in [-0.2, -0.15) is 0 Å². The van der Waals surface area contributed by atoms with Crippen molar-refractivity contribution in [3.05, 3.63) is 28.3 Å². The second-order valence-corrected chi connectivity index (χ2v) is 6.03. The van der Waals surface area contributed by atoms with E-state index in [2.05, 4.69) is 15.3 Å². The number of aryl methyl sites for hydroxylation is 1. The van der Waals surface area contributed by atoms with Crippen LogP contribution in [0.1, 0.15) is 28.8 Å². The lowest BCUT2D eigenvalue weighted by Gasteiger charge is -2.09. The summed E-state index contributed by atoms with van der Waals surface area (Å²) in [6.45, 7) is 4.04. The molecule has 2 aromatic rings. The summed E-state index contributed by atoms with van der Waals surface area (Å²) in [4.78, 5) is 29.8. The Morgan fingerprint density at radius 2 is 2.29 bits per heavy atom. The summed E-state index contributed by atoms with van der Waals surface area (Å²) in [7, 11) is 0. The molecule has 0 bridgehead atoms. The van der Waals surface area contributed by atoms with E-state index in [0.717, 1.165) is 16.3 Å². The van der Waals surface area contributed by atoms with Gasteiger partial charge in [0.1, 0.15) is 5.69 Å². The number of carbonyl (C=O) groups is 2. The van der Waals surface area contributed by atoms with Gasteiger partial charge in [0.15, 0.2) is 0 Å². The summed E-state index contributed by atoms with van der Waals surface area (Å²) in [6, 6.07) is 1.74. The fourth-order valence-corrected chi connectivity index (χ4v) is 2.52. The summed E-state index contributed by atoms with van der Waals surface area (Å²) < 4.78 is 0. The third-order valence-corrected chi connectivity index (χ3v) is 3.75. The fraction of sp³-hybridized carbons (Fsp3) is 0.357. The third kappa shape index (κ3) is 4.16. The maximum Gasteiger partial charge on any atom is 0.303 e. The topological polar surface area (TPSA) is 95.1 Å². The van der Waals surface area contributed by atoms with Crippen molar-refractivity contribution < 1.29 is 14.7 Å². The molecule has 0 aromatic carbocycles. The van der Waals surface area contributed by atoms with Crippen molar-refractivity contribution in [2.24, 2.45) is 5.92 Å². The zero-order valence-corrected chi connectivity index (χ0v) is 12.7. The maximum atomic E-state index is 12.0. The summed E-state index contributed by atoms with van der Waals surface area (Å²) in [5, 5.41) is 14.3. The van der Waals surface area contributed by atoms with Crippen LogP contribution in [0.25, 0.3) is 11.3 Å². The normalized spacial score (nSPS) is 12.1. The number of carboxylic acid groups (broad SMARTS) is 1. The molecule has 1 amide bonds. The van der Waals surface area contributed by atoms with Gasteiger partial charge in [0.2, 0.25) is 0 Å². The number of aliphatic carboxylic acids is 1. The molecule has 2 rings (SSSR count). The van der Waals surface area contributed by atoms with Crippen molar-refractivity contribution in [3.8, 4) is 11.3 Å². The number of hydrogen-bond acceptors (Lipinski definition) is 4. The third-order valence-electron chi connectivity index (χ3n) is 2.98. The van der Waals surface area contributed by atoms with Crippen LogP contribution in [-0.2, 0) is 4.79 Å². The van der Waals surface area contributed by atoms with Gasteiger partial charge in [0.05, 0.1) is 10.7 Å². The van der Waals surface area contributed by atoms with Crippen LogP contribution in [0, 0.1) is 12.8 Å². The predicted molar refractivity (Wildman–Crippen MR) is 80.4 cm³/mol. The minimum absolute atomic E-state index is 0.0361. The van der Waals surface area contributed by atoms with E-state index in [1.807, 2.05) is 12.3 Å². The van der Waals surface area contributed by atoms with E-state index in [4.69, 9.17) is 5.11 Å². The Morgan fingerprint density at radius 3 is 2.90 bits per heavy atom. The van der Waals surface area contributed by atoms with Gasteiger partial charge >= 0.3 is 5.97 Å². The van der Waals surface area contributed by atoms with Gasteiger partial charge in [0.25, 0.3) is 5.91 Å². The quantitative estimate of drug-likeness (QED) is 0.763. The standard InChI is InChI=1S/C14H17N3O3S/c1-8(3-13(18)19)5-16-14(20)11-4-10(6-15-11)12-7-21-9(2)17-12/h4,6-8,15H,3,5H2,1-2H3,(H,16,20)(H,18,19). The van der Waals surface area contributed by atoms with E-state index < -0.39 is 5.97 Å². The van der Waals surface area contributed by atoms with Crippen LogP contribution in [-0.4, -0.2) is 33.5 Å². The van der Waals surface area contributed by atoms with Crippen molar-refractivity contribution in [1.82, 2.24) is 15.3 Å². The molecule has 0 radical (unpaired) electrons. The number of nitrogens with zero attached hydrogens (tertiary/aromatic N) is 1. The molecule has 6 nitrogen and oxygen atoms in total. The number of aromatic amines is 1. The van der Waals surface area contributed by atoms with Gasteiger partial charge < -0.3 is 15.4 Å². The van der Waals surface area contributed by atoms with Crippen LogP contribution >= 0.6 is 11.3 Å². The van der Waals surface area contributed by atoms with Crippen LogP contribution in [0.5, 0.6) is 0 Å². The SMILES string of the molecule is Cc1nc(-c2c[nH]c(C(=O)NCC(C)CC(=O)O)c2)cs1. The van der Waals surface area contributed by atoms with Gasteiger partial charge in [0, 0.05) is 30.1 Å². The zero-order valence-electron chi connectivity index (χ0n) is 11.8. The second-order valence-electron chi connectivity index (χ2n) is 4.97. The number of carboxylic acids is 1. The lowest BCUT2D eigenvalue weighted by molar-refractivity contribution is -0.137. The van der Waals surface area contributed by atoms with Crippen LogP contribution in [0.15, 0.2) is 17.6 Å². The minimum Gasteiger partial charge on any atom is -0.481 e. The second kappa shape index (κ2) is 6.53. The van der Waals surface area contributed by atoms with E-state index in [1.165, 1.54) is 0 Å². The van der Waals surface area contributed by atoms with Crippen molar-refractivity contribution in [2.45, 2.75) is 20.3 Å². The number of H-pyrrole nitrogens is 1. The molecule has 0 fully saturated rings. The summed E-state index contributed by atoms with van der Waals surface area (Å²) >= 11 is 1.56. The van der Waals surface area contributed by atoms with Gasteiger partial charge in [-0.15, -0.1) is 11.3 Å². The molecule has 2 heterocycles. The van der Waals surface area contributed by atoms with E-state index in [-0.39, 0.29) is 18.2 Å². The lowest BCUT2D eigenvalue weighted by atomic mass is 10.1.